The number of hydrogen-bond acceptors (Lipinski definition) is 3. The van der Waals surface area contributed by atoms with Crippen molar-refractivity contribution in [3.8, 4) is 0 Å². The molecule has 2 N–H and O–H groups in total. The first-order chi connectivity index (χ1) is 9.65. The molecule has 20 heavy (non-hydrogen) atoms. The zero-order valence-electron chi connectivity index (χ0n) is 11.6. The van der Waals surface area contributed by atoms with E-state index in [4.69, 9.17) is 0 Å². The highest BCUT2D eigenvalue weighted by Gasteiger charge is 2.25. The van der Waals surface area contributed by atoms with Crippen molar-refractivity contribution < 1.29 is 9.59 Å². The van der Waals surface area contributed by atoms with Crippen molar-refractivity contribution in [3.05, 3.63) is 29.3 Å². The molecule has 0 radical (unpaired) electrons. The molecule has 2 aliphatic heterocycles. The van der Waals surface area contributed by atoms with Crippen LogP contribution in [0.4, 0.5) is 5.69 Å². The van der Waals surface area contributed by atoms with Gasteiger partial charge in [0.1, 0.15) is 0 Å². The number of aryl methyl sites for hydroxylation is 1. The van der Waals surface area contributed by atoms with Gasteiger partial charge in [-0.2, -0.15) is 0 Å². The van der Waals surface area contributed by atoms with Crippen LogP contribution in [-0.4, -0.2) is 42.4 Å². The number of nitrogens with zero attached hydrogens (tertiary/aromatic N) is 1. The van der Waals surface area contributed by atoms with Gasteiger partial charge in [0, 0.05) is 43.3 Å². The number of amides is 2. The molecule has 3 rings (SSSR count). The normalized spacial score (nSPS) is 22.1. The Morgan fingerprint density at radius 1 is 1.35 bits per heavy atom. The summed E-state index contributed by atoms with van der Waals surface area (Å²) in [7, 11) is 0. The van der Waals surface area contributed by atoms with Crippen LogP contribution in [0.5, 0.6) is 0 Å². The Labute approximate surface area is 118 Å². The molecule has 0 spiro atoms. The number of anilines is 1. The van der Waals surface area contributed by atoms with Crippen LogP contribution in [0.25, 0.3) is 0 Å². The Morgan fingerprint density at radius 2 is 2.20 bits per heavy atom. The van der Waals surface area contributed by atoms with Gasteiger partial charge < -0.3 is 15.5 Å². The smallest absolute Gasteiger partial charge is 0.254 e. The molecule has 2 aliphatic rings. The van der Waals surface area contributed by atoms with Gasteiger partial charge in [-0.05, 0) is 37.1 Å². The summed E-state index contributed by atoms with van der Waals surface area (Å²) in [5.41, 5.74) is 2.61. The standard InChI is InChI=1S/C15H19N3O2/c1-10-9-16-6-7-18(10)15(20)12-2-4-13-11(8-12)3-5-14(19)17-13/h2,4,8,10,16H,3,5-7,9H2,1H3,(H,17,19)/t10-/m1/s1. The van der Waals surface area contributed by atoms with Crippen molar-refractivity contribution in [2.75, 3.05) is 25.0 Å². The van der Waals surface area contributed by atoms with E-state index in [2.05, 4.69) is 17.6 Å². The van der Waals surface area contributed by atoms with Gasteiger partial charge in [0.2, 0.25) is 5.91 Å². The lowest BCUT2D eigenvalue weighted by molar-refractivity contribution is -0.116. The second-order valence-corrected chi connectivity index (χ2v) is 5.47. The van der Waals surface area contributed by atoms with Crippen molar-refractivity contribution in [2.45, 2.75) is 25.8 Å². The topological polar surface area (TPSA) is 61.4 Å². The average Bonchev–Trinajstić information content (AvgIpc) is 2.46. The second kappa shape index (κ2) is 5.25. The zero-order valence-corrected chi connectivity index (χ0v) is 11.6. The minimum Gasteiger partial charge on any atom is -0.333 e. The molecule has 0 aliphatic carbocycles. The van der Waals surface area contributed by atoms with Crippen LogP contribution in [0.2, 0.25) is 0 Å². The number of carbonyl (C=O) groups is 2. The van der Waals surface area contributed by atoms with Crippen LogP contribution < -0.4 is 10.6 Å². The fourth-order valence-electron chi connectivity index (χ4n) is 2.83. The average molecular weight is 273 g/mol. The van der Waals surface area contributed by atoms with Crippen LogP contribution in [0.15, 0.2) is 18.2 Å². The predicted molar refractivity (Wildman–Crippen MR) is 76.8 cm³/mol. The van der Waals surface area contributed by atoms with Crippen LogP contribution >= 0.6 is 0 Å². The summed E-state index contributed by atoms with van der Waals surface area (Å²) in [6.45, 7) is 4.49. The van der Waals surface area contributed by atoms with E-state index in [1.807, 2.05) is 23.1 Å². The number of piperazine rings is 1. The Morgan fingerprint density at radius 3 is 3.00 bits per heavy atom. The molecule has 0 bridgehead atoms. The van der Waals surface area contributed by atoms with Gasteiger partial charge in [0.05, 0.1) is 0 Å². The van der Waals surface area contributed by atoms with Crippen molar-refractivity contribution in [1.82, 2.24) is 10.2 Å². The third-order valence-electron chi connectivity index (χ3n) is 4.01. The molecule has 106 valence electrons. The largest absolute Gasteiger partial charge is 0.333 e. The lowest BCUT2D eigenvalue weighted by Gasteiger charge is -2.34. The highest BCUT2D eigenvalue weighted by Crippen LogP contribution is 2.24. The Balaban J connectivity index is 1.83. The molecular formula is C15H19N3O2. The lowest BCUT2D eigenvalue weighted by Crippen LogP contribution is -2.52. The van der Waals surface area contributed by atoms with E-state index < -0.39 is 0 Å². The van der Waals surface area contributed by atoms with E-state index in [0.29, 0.717) is 18.4 Å². The quantitative estimate of drug-likeness (QED) is 0.802. The molecule has 1 atom stereocenters. The molecule has 1 aromatic rings. The second-order valence-electron chi connectivity index (χ2n) is 5.47. The van der Waals surface area contributed by atoms with Gasteiger partial charge >= 0.3 is 0 Å². The number of hydrogen-bond donors (Lipinski definition) is 2. The van der Waals surface area contributed by atoms with Crippen LogP contribution in [0, 0.1) is 0 Å². The summed E-state index contributed by atoms with van der Waals surface area (Å²) in [5, 5.41) is 6.12. The van der Waals surface area contributed by atoms with Gasteiger partial charge in [-0.1, -0.05) is 0 Å². The number of carbonyl (C=O) groups excluding carboxylic acids is 2. The van der Waals surface area contributed by atoms with Gasteiger partial charge in [-0.25, -0.2) is 0 Å². The Kier molecular flexibility index (Phi) is 3.44. The molecule has 0 saturated carbocycles. The van der Waals surface area contributed by atoms with Crippen LogP contribution in [0.1, 0.15) is 29.3 Å². The molecule has 5 nitrogen and oxygen atoms in total. The van der Waals surface area contributed by atoms with E-state index >= 15 is 0 Å². The lowest BCUT2D eigenvalue weighted by atomic mass is 9.99. The maximum absolute atomic E-state index is 12.6. The zero-order chi connectivity index (χ0) is 14.1. The highest BCUT2D eigenvalue weighted by molar-refractivity contribution is 5.98. The third kappa shape index (κ3) is 2.41. The summed E-state index contributed by atoms with van der Waals surface area (Å²) < 4.78 is 0. The molecule has 0 unspecified atom stereocenters. The van der Waals surface area contributed by atoms with E-state index in [9.17, 15) is 9.59 Å². The molecule has 1 aromatic carbocycles. The molecule has 1 fully saturated rings. The molecule has 2 amide bonds. The summed E-state index contributed by atoms with van der Waals surface area (Å²) in [6.07, 6.45) is 1.20. The van der Waals surface area contributed by atoms with E-state index in [0.717, 1.165) is 30.9 Å². The molecule has 5 heteroatoms. The van der Waals surface area contributed by atoms with Crippen LogP contribution in [-0.2, 0) is 11.2 Å². The summed E-state index contributed by atoms with van der Waals surface area (Å²) in [5.74, 6) is 0.131. The molecular weight excluding hydrogens is 254 g/mol. The Hall–Kier alpha value is -1.88. The number of fused-ring (bicyclic) bond motifs is 1. The van der Waals surface area contributed by atoms with Crippen molar-refractivity contribution in [1.29, 1.82) is 0 Å². The SMILES string of the molecule is C[C@@H]1CNCCN1C(=O)c1ccc2c(c1)CCC(=O)N2. The van der Waals surface area contributed by atoms with Gasteiger partial charge in [0.15, 0.2) is 0 Å². The van der Waals surface area contributed by atoms with Gasteiger partial charge in [-0.3, -0.25) is 9.59 Å². The van der Waals surface area contributed by atoms with E-state index in [-0.39, 0.29) is 17.9 Å². The minimum absolute atomic E-state index is 0.0484. The highest BCUT2D eigenvalue weighted by atomic mass is 16.2. The van der Waals surface area contributed by atoms with Gasteiger partial charge in [0.25, 0.3) is 5.91 Å². The first kappa shape index (κ1) is 13.1. The maximum atomic E-state index is 12.6. The Bertz CT molecular complexity index is 556. The molecule has 2 heterocycles. The summed E-state index contributed by atoms with van der Waals surface area (Å²) >= 11 is 0. The van der Waals surface area contributed by atoms with Crippen molar-refractivity contribution in [3.63, 3.8) is 0 Å². The van der Waals surface area contributed by atoms with Crippen molar-refractivity contribution >= 4 is 17.5 Å². The maximum Gasteiger partial charge on any atom is 0.254 e. The monoisotopic (exact) mass is 273 g/mol. The third-order valence-corrected chi connectivity index (χ3v) is 4.01. The summed E-state index contributed by atoms with van der Waals surface area (Å²) in [4.78, 5) is 25.8. The van der Waals surface area contributed by atoms with Crippen LogP contribution in [0.3, 0.4) is 0 Å². The number of benzene rings is 1. The fourth-order valence-corrected chi connectivity index (χ4v) is 2.83. The number of rotatable bonds is 1. The molecule has 1 saturated heterocycles. The minimum atomic E-state index is 0.0484. The van der Waals surface area contributed by atoms with E-state index in [1.54, 1.807) is 0 Å². The van der Waals surface area contributed by atoms with E-state index in [1.165, 1.54) is 0 Å². The fraction of sp³-hybridized carbons (Fsp3) is 0.467. The number of nitrogens with one attached hydrogen (secondary N) is 2. The first-order valence-electron chi connectivity index (χ1n) is 7.09. The molecule has 0 aromatic heterocycles. The van der Waals surface area contributed by atoms with Gasteiger partial charge in [-0.15, -0.1) is 0 Å². The van der Waals surface area contributed by atoms with Crippen molar-refractivity contribution in [2.24, 2.45) is 0 Å². The first-order valence-corrected chi connectivity index (χ1v) is 7.09. The summed E-state index contributed by atoms with van der Waals surface area (Å²) in [6, 6.07) is 5.78. The predicted octanol–water partition coefficient (Wildman–Crippen LogP) is 1.01.